The minimum absolute atomic E-state index is 0.188. The second-order valence-electron chi connectivity index (χ2n) is 8.18. The molecular weight excluding hydrogens is 316 g/mol. The molecule has 3 fully saturated rings. The highest BCUT2D eigenvalue weighted by molar-refractivity contribution is 5.87. The maximum Gasteiger partial charge on any atom is 0.335 e. The lowest BCUT2D eigenvalue weighted by molar-refractivity contribution is -0.132. The molecule has 0 radical (unpaired) electrons. The summed E-state index contributed by atoms with van der Waals surface area (Å²) in [6.07, 6.45) is 4.62. The molecular formula is C20H26N2O3. The van der Waals surface area contributed by atoms with Gasteiger partial charge in [-0.3, -0.25) is 9.69 Å². The number of carbonyl (C=O) groups excluding carboxylic acids is 1. The zero-order valence-electron chi connectivity index (χ0n) is 14.9. The van der Waals surface area contributed by atoms with Gasteiger partial charge in [0, 0.05) is 43.6 Å². The van der Waals surface area contributed by atoms with E-state index >= 15 is 0 Å². The molecule has 0 aromatic heterocycles. The fourth-order valence-corrected chi connectivity index (χ4v) is 5.76. The first-order chi connectivity index (χ1) is 11.9. The van der Waals surface area contributed by atoms with Crippen LogP contribution in [0.1, 0.15) is 55.5 Å². The Hall–Kier alpha value is -1.88. The predicted octanol–water partition coefficient (Wildman–Crippen LogP) is 2.75. The highest BCUT2D eigenvalue weighted by atomic mass is 16.4. The van der Waals surface area contributed by atoms with Crippen molar-refractivity contribution >= 4 is 11.9 Å². The number of carboxylic acids is 1. The molecule has 1 amide bonds. The Morgan fingerprint density at radius 2 is 1.88 bits per heavy atom. The number of hydrogen-bond acceptors (Lipinski definition) is 3. The molecule has 1 aliphatic carbocycles. The Balaban J connectivity index is 1.59. The van der Waals surface area contributed by atoms with Crippen molar-refractivity contribution in [2.24, 2.45) is 5.41 Å². The number of hydrogen-bond donors (Lipinski definition) is 1. The Morgan fingerprint density at radius 3 is 2.52 bits per heavy atom. The van der Waals surface area contributed by atoms with Crippen LogP contribution in [0.25, 0.3) is 0 Å². The number of rotatable bonds is 3. The number of likely N-dealkylation sites (tertiary alicyclic amines) is 2. The van der Waals surface area contributed by atoms with Gasteiger partial charge in [-0.2, -0.15) is 0 Å². The average Bonchev–Trinajstić information content (AvgIpc) is 2.85. The zero-order chi connectivity index (χ0) is 17.8. The summed E-state index contributed by atoms with van der Waals surface area (Å²) in [7, 11) is 0. The molecule has 4 atom stereocenters. The topological polar surface area (TPSA) is 60.9 Å². The molecule has 5 nitrogen and oxygen atoms in total. The van der Waals surface area contributed by atoms with Gasteiger partial charge in [-0.15, -0.1) is 0 Å². The van der Waals surface area contributed by atoms with Gasteiger partial charge in [0.2, 0.25) is 5.91 Å². The van der Waals surface area contributed by atoms with Crippen molar-refractivity contribution in [3.63, 3.8) is 0 Å². The Kier molecular flexibility index (Phi) is 3.87. The molecule has 0 spiro atoms. The molecule has 1 saturated carbocycles. The quantitative estimate of drug-likeness (QED) is 0.917. The Labute approximate surface area is 148 Å². The molecule has 0 unspecified atom stereocenters. The molecule has 2 saturated heterocycles. The summed E-state index contributed by atoms with van der Waals surface area (Å²) in [6.45, 7) is 5.84. The zero-order valence-corrected chi connectivity index (χ0v) is 14.9. The van der Waals surface area contributed by atoms with Crippen molar-refractivity contribution in [1.82, 2.24) is 9.80 Å². The number of amides is 1. The van der Waals surface area contributed by atoms with Crippen LogP contribution in [0.2, 0.25) is 0 Å². The smallest absolute Gasteiger partial charge is 0.335 e. The Morgan fingerprint density at radius 1 is 1.20 bits per heavy atom. The molecule has 1 aromatic carbocycles. The molecule has 1 aromatic rings. The lowest BCUT2D eigenvalue weighted by Crippen LogP contribution is -2.55. The van der Waals surface area contributed by atoms with Gasteiger partial charge in [0.05, 0.1) is 5.56 Å². The standard InChI is InChI=1S/C20H26N2O3/c1-13(23)22-16-10-20(2)17(4-3-5-18(20)22)21(12-16)11-14-6-8-15(9-7-14)19(24)25/h6-9,16-18H,3-5,10-12H2,1-2H3,(H,24,25)/t16-,17+,18-,20+/m0/s1. The number of piperidine rings is 1. The Bertz CT molecular complexity index is 701. The maximum absolute atomic E-state index is 12.2. The SMILES string of the molecule is CC(=O)N1[C@@H]2CN(Cc3ccc(C(=O)O)cc3)[C@@H]3CCC[C@H]1[C@]3(C)C2. The van der Waals surface area contributed by atoms with E-state index in [-0.39, 0.29) is 11.3 Å². The van der Waals surface area contributed by atoms with Gasteiger partial charge in [0.15, 0.2) is 0 Å². The number of aromatic carboxylic acids is 1. The van der Waals surface area contributed by atoms with Gasteiger partial charge in [0.25, 0.3) is 0 Å². The fourth-order valence-electron chi connectivity index (χ4n) is 5.76. The molecule has 2 aliphatic heterocycles. The molecule has 2 heterocycles. The largest absolute Gasteiger partial charge is 0.478 e. The van der Waals surface area contributed by atoms with Crippen molar-refractivity contribution in [3.05, 3.63) is 35.4 Å². The van der Waals surface area contributed by atoms with E-state index in [0.29, 0.717) is 23.7 Å². The second-order valence-corrected chi connectivity index (χ2v) is 8.18. The number of nitrogens with zero attached hydrogens (tertiary/aromatic N) is 2. The van der Waals surface area contributed by atoms with Crippen LogP contribution in [0.3, 0.4) is 0 Å². The van der Waals surface area contributed by atoms with Crippen molar-refractivity contribution in [2.45, 2.75) is 64.2 Å². The van der Waals surface area contributed by atoms with E-state index < -0.39 is 5.97 Å². The summed E-state index contributed by atoms with van der Waals surface area (Å²) in [6, 6.07) is 8.42. The van der Waals surface area contributed by atoms with E-state index in [2.05, 4.69) is 16.7 Å². The van der Waals surface area contributed by atoms with E-state index in [9.17, 15) is 9.59 Å². The lowest BCUT2D eigenvalue weighted by Gasteiger charge is -2.50. The minimum atomic E-state index is -0.887. The van der Waals surface area contributed by atoms with E-state index in [0.717, 1.165) is 31.5 Å². The van der Waals surface area contributed by atoms with E-state index in [1.165, 1.54) is 12.8 Å². The van der Waals surface area contributed by atoms with E-state index in [1.807, 2.05) is 12.1 Å². The third-order valence-electron chi connectivity index (χ3n) is 6.72. The lowest BCUT2D eigenvalue weighted by atomic mass is 9.65. The van der Waals surface area contributed by atoms with Crippen LogP contribution in [-0.2, 0) is 11.3 Å². The summed E-state index contributed by atoms with van der Waals surface area (Å²) in [5.41, 5.74) is 1.66. The van der Waals surface area contributed by atoms with E-state index in [4.69, 9.17) is 5.11 Å². The maximum atomic E-state index is 12.2. The van der Waals surface area contributed by atoms with Crippen LogP contribution in [0.5, 0.6) is 0 Å². The molecule has 134 valence electrons. The highest BCUT2D eigenvalue weighted by Gasteiger charge is 2.60. The van der Waals surface area contributed by atoms with Gasteiger partial charge in [-0.25, -0.2) is 4.79 Å². The first-order valence-corrected chi connectivity index (χ1v) is 9.25. The second kappa shape index (κ2) is 5.84. The van der Waals surface area contributed by atoms with Gasteiger partial charge in [-0.05, 0) is 43.4 Å². The van der Waals surface area contributed by atoms with Crippen molar-refractivity contribution in [1.29, 1.82) is 0 Å². The molecule has 25 heavy (non-hydrogen) atoms. The number of benzene rings is 1. The molecule has 4 rings (SSSR count). The normalized spacial score (nSPS) is 34.2. The van der Waals surface area contributed by atoms with Crippen LogP contribution >= 0.6 is 0 Å². The molecule has 2 bridgehead atoms. The van der Waals surface area contributed by atoms with Crippen LogP contribution < -0.4 is 0 Å². The van der Waals surface area contributed by atoms with Crippen molar-refractivity contribution in [2.75, 3.05) is 6.54 Å². The summed E-state index contributed by atoms with van der Waals surface area (Å²) in [5, 5.41) is 9.06. The van der Waals surface area contributed by atoms with Crippen molar-refractivity contribution in [3.8, 4) is 0 Å². The molecule has 5 heteroatoms. The number of carboxylic acid groups (broad SMARTS) is 1. The first kappa shape index (κ1) is 16.6. The van der Waals surface area contributed by atoms with Crippen LogP contribution in [0.4, 0.5) is 0 Å². The van der Waals surface area contributed by atoms with Gasteiger partial charge < -0.3 is 10.0 Å². The molecule has 3 aliphatic rings. The predicted molar refractivity (Wildman–Crippen MR) is 94.3 cm³/mol. The highest BCUT2D eigenvalue weighted by Crippen LogP contribution is 2.54. The fraction of sp³-hybridized carbons (Fsp3) is 0.600. The first-order valence-electron chi connectivity index (χ1n) is 9.25. The van der Waals surface area contributed by atoms with Crippen molar-refractivity contribution < 1.29 is 14.7 Å². The summed E-state index contributed by atoms with van der Waals surface area (Å²) in [5.74, 6) is -0.672. The van der Waals surface area contributed by atoms with Gasteiger partial charge >= 0.3 is 5.97 Å². The van der Waals surface area contributed by atoms with Crippen LogP contribution in [0, 0.1) is 5.41 Å². The number of fused-ring (bicyclic) bond motifs is 1. The van der Waals surface area contributed by atoms with Gasteiger partial charge in [0.1, 0.15) is 0 Å². The third kappa shape index (κ3) is 2.56. The summed E-state index contributed by atoms with van der Waals surface area (Å²) in [4.78, 5) is 28.0. The van der Waals surface area contributed by atoms with Crippen LogP contribution in [0.15, 0.2) is 24.3 Å². The monoisotopic (exact) mass is 342 g/mol. The molecule has 1 N–H and O–H groups in total. The van der Waals surface area contributed by atoms with Crippen LogP contribution in [-0.4, -0.2) is 51.5 Å². The van der Waals surface area contributed by atoms with Gasteiger partial charge in [-0.1, -0.05) is 19.1 Å². The summed E-state index contributed by atoms with van der Waals surface area (Å²) < 4.78 is 0. The average molecular weight is 342 g/mol. The number of carbonyl (C=O) groups is 2. The minimum Gasteiger partial charge on any atom is -0.478 e. The summed E-state index contributed by atoms with van der Waals surface area (Å²) >= 11 is 0. The third-order valence-corrected chi connectivity index (χ3v) is 6.72. The van der Waals surface area contributed by atoms with E-state index in [1.54, 1.807) is 19.1 Å².